The Morgan fingerprint density at radius 3 is 2.73 bits per heavy atom. The molecule has 3 rings (SSSR count). The number of rotatable bonds is 6. The monoisotopic (exact) mass is 383 g/mol. The van der Waals surface area contributed by atoms with Crippen LogP contribution < -0.4 is 9.62 Å². The number of hydrogen-bond donors (Lipinski definition) is 2. The normalized spacial score (nSPS) is 21.8. The van der Waals surface area contributed by atoms with Crippen molar-refractivity contribution in [3.63, 3.8) is 0 Å². The molecule has 0 unspecified atom stereocenters. The van der Waals surface area contributed by atoms with E-state index in [-0.39, 0.29) is 12.6 Å². The fourth-order valence-corrected chi connectivity index (χ4v) is 4.69. The van der Waals surface area contributed by atoms with Crippen molar-refractivity contribution in [1.29, 1.82) is 0 Å². The first kappa shape index (κ1) is 19.5. The van der Waals surface area contributed by atoms with E-state index in [9.17, 15) is 13.5 Å². The minimum atomic E-state index is -3.50. The highest BCUT2D eigenvalue weighted by Crippen LogP contribution is 2.30. The van der Waals surface area contributed by atoms with Gasteiger partial charge < -0.3 is 10.0 Å². The highest BCUT2D eigenvalue weighted by atomic mass is 32.2. The maximum Gasteiger partial charge on any atom is 0.279 e. The molecule has 9 heteroatoms. The van der Waals surface area contributed by atoms with Gasteiger partial charge in [0.25, 0.3) is 10.2 Å². The summed E-state index contributed by atoms with van der Waals surface area (Å²) >= 11 is 0. The number of fused-ring (bicyclic) bond motifs is 1. The largest absolute Gasteiger partial charge is 0.396 e. The highest BCUT2D eigenvalue weighted by molar-refractivity contribution is 7.87. The number of nitrogens with one attached hydrogen (secondary N) is 1. The van der Waals surface area contributed by atoms with Crippen molar-refractivity contribution >= 4 is 16.2 Å². The molecule has 26 heavy (non-hydrogen) atoms. The molecule has 0 spiro atoms. The molecule has 2 aliphatic rings. The number of aliphatic hydroxyl groups excluding tert-OH is 1. The fraction of sp³-hybridized carbons (Fsp3) is 0.765. The van der Waals surface area contributed by atoms with Gasteiger partial charge in [-0.25, -0.2) is 9.97 Å². The van der Waals surface area contributed by atoms with Gasteiger partial charge in [0.15, 0.2) is 0 Å². The van der Waals surface area contributed by atoms with E-state index in [2.05, 4.69) is 14.6 Å². The number of hydrogen-bond acceptors (Lipinski definition) is 6. The Balaban J connectivity index is 1.75. The van der Waals surface area contributed by atoms with Crippen molar-refractivity contribution in [2.75, 3.05) is 38.2 Å². The van der Waals surface area contributed by atoms with Crippen LogP contribution in [-0.4, -0.2) is 61.1 Å². The maximum absolute atomic E-state index is 12.4. The summed E-state index contributed by atoms with van der Waals surface area (Å²) < 4.78 is 28.8. The molecule has 1 fully saturated rings. The molecule has 0 bridgehead atoms. The van der Waals surface area contributed by atoms with Gasteiger partial charge in [-0.15, -0.1) is 0 Å². The molecular formula is C17H29N5O3S. The summed E-state index contributed by atoms with van der Waals surface area (Å²) in [5, 5.41) is 9.28. The van der Waals surface area contributed by atoms with E-state index in [4.69, 9.17) is 4.98 Å². The lowest BCUT2D eigenvalue weighted by Gasteiger charge is -2.32. The molecule has 1 aromatic heterocycles. The lowest BCUT2D eigenvalue weighted by Crippen LogP contribution is -2.41. The number of anilines is 1. The van der Waals surface area contributed by atoms with Gasteiger partial charge in [0.05, 0.1) is 11.7 Å². The Morgan fingerprint density at radius 2 is 2.08 bits per heavy atom. The Morgan fingerprint density at radius 1 is 1.35 bits per heavy atom. The smallest absolute Gasteiger partial charge is 0.279 e. The predicted octanol–water partition coefficient (Wildman–Crippen LogP) is 0.849. The Hall–Kier alpha value is -1.29. The first-order valence-electron chi connectivity index (χ1n) is 9.39. The minimum Gasteiger partial charge on any atom is -0.396 e. The van der Waals surface area contributed by atoms with Crippen LogP contribution in [0.25, 0.3) is 0 Å². The van der Waals surface area contributed by atoms with Crippen LogP contribution in [0, 0.1) is 5.92 Å². The zero-order valence-electron chi connectivity index (χ0n) is 15.6. The minimum absolute atomic E-state index is 0.243. The third-order valence-electron chi connectivity index (χ3n) is 5.47. The van der Waals surface area contributed by atoms with Crippen molar-refractivity contribution in [1.82, 2.24) is 19.0 Å². The van der Waals surface area contributed by atoms with Gasteiger partial charge in [0.1, 0.15) is 0 Å². The van der Waals surface area contributed by atoms with Crippen molar-refractivity contribution in [3.05, 3.63) is 17.5 Å². The number of aliphatic hydroxyl groups is 1. The molecule has 1 aliphatic heterocycles. The zero-order valence-corrected chi connectivity index (χ0v) is 16.4. The van der Waals surface area contributed by atoms with Gasteiger partial charge in [-0.2, -0.15) is 17.4 Å². The third kappa shape index (κ3) is 4.16. The van der Waals surface area contributed by atoms with Crippen LogP contribution in [0.15, 0.2) is 6.20 Å². The Kier molecular flexibility index (Phi) is 6.11. The Labute approximate surface area is 155 Å². The highest BCUT2D eigenvalue weighted by Gasteiger charge is 2.29. The molecule has 0 radical (unpaired) electrons. The average Bonchev–Trinajstić information content (AvgIpc) is 2.67. The molecule has 0 amide bonds. The molecule has 2 N–H and O–H groups in total. The van der Waals surface area contributed by atoms with Crippen LogP contribution in [0.2, 0.25) is 0 Å². The van der Waals surface area contributed by atoms with Crippen LogP contribution in [0.4, 0.5) is 5.95 Å². The molecule has 2 heterocycles. The van der Waals surface area contributed by atoms with Crippen molar-refractivity contribution < 1.29 is 13.5 Å². The zero-order chi connectivity index (χ0) is 18.7. The second kappa shape index (κ2) is 8.16. The summed E-state index contributed by atoms with van der Waals surface area (Å²) in [4.78, 5) is 11.4. The summed E-state index contributed by atoms with van der Waals surface area (Å²) in [6.07, 6.45) is 6.19. The first-order valence-corrected chi connectivity index (χ1v) is 10.8. The summed E-state index contributed by atoms with van der Waals surface area (Å²) in [5.41, 5.74) is 1.83. The van der Waals surface area contributed by atoms with Gasteiger partial charge in [-0.1, -0.05) is 6.92 Å². The fourth-order valence-electron chi connectivity index (χ4n) is 3.57. The molecule has 1 aromatic rings. The molecule has 1 saturated heterocycles. The quantitative estimate of drug-likeness (QED) is 0.756. The second-order valence-corrected chi connectivity index (χ2v) is 8.98. The van der Waals surface area contributed by atoms with Crippen molar-refractivity contribution in [2.24, 2.45) is 5.92 Å². The van der Waals surface area contributed by atoms with Crippen molar-refractivity contribution in [3.8, 4) is 0 Å². The van der Waals surface area contributed by atoms with Crippen LogP contribution in [0.5, 0.6) is 0 Å². The number of nitrogens with zero attached hydrogens (tertiary/aromatic N) is 4. The van der Waals surface area contributed by atoms with E-state index in [1.165, 1.54) is 4.31 Å². The molecule has 0 aromatic carbocycles. The van der Waals surface area contributed by atoms with Crippen LogP contribution in [-0.2, 0) is 16.6 Å². The maximum atomic E-state index is 12.4. The Bertz CT molecular complexity index is 719. The third-order valence-corrected chi connectivity index (χ3v) is 7.13. The van der Waals surface area contributed by atoms with E-state index < -0.39 is 10.2 Å². The van der Waals surface area contributed by atoms with Gasteiger partial charge in [-0.05, 0) is 38.0 Å². The summed E-state index contributed by atoms with van der Waals surface area (Å²) in [6, 6.07) is -0.271. The van der Waals surface area contributed by atoms with E-state index in [0.717, 1.165) is 56.5 Å². The number of piperidine rings is 1. The van der Waals surface area contributed by atoms with E-state index in [1.54, 1.807) is 13.2 Å². The van der Waals surface area contributed by atoms with E-state index >= 15 is 0 Å². The summed E-state index contributed by atoms with van der Waals surface area (Å²) in [7, 11) is -1.93. The van der Waals surface area contributed by atoms with E-state index in [1.807, 2.05) is 6.92 Å². The summed E-state index contributed by atoms with van der Waals surface area (Å²) in [5.74, 6) is 1.09. The van der Waals surface area contributed by atoms with Crippen LogP contribution in [0.3, 0.4) is 0 Å². The van der Waals surface area contributed by atoms with Crippen LogP contribution in [0.1, 0.15) is 49.9 Å². The number of aryl methyl sites for hydroxylation is 1. The predicted molar refractivity (Wildman–Crippen MR) is 100 cm³/mol. The second-order valence-electron chi connectivity index (χ2n) is 7.17. The molecule has 1 aliphatic carbocycles. The lowest BCUT2D eigenvalue weighted by atomic mass is 9.93. The summed E-state index contributed by atoms with van der Waals surface area (Å²) in [6.45, 7) is 4.17. The molecular weight excluding hydrogens is 354 g/mol. The van der Waals surface area contributed by atoms with Gasteiger partial charge in [0, 0.05) is 45.0 Å². The topological polar surface area (TPSA) is 98.7 Å². The van der Waals surface area contributed by atoms with Gasteiger partial charge in [0.2, 0.25) is 5.95 Å². The molecule has 1 atom stereocenters. The average molecular weight is 384 g/mol. The van der Waals surface area contributed by atoms with Crippen molar-refractivity contribution in [2.45, 2.75) is 45.1 Å². The standard InChI is InChI=1S/C17H29N5O3S/c1-3-21(2)26(24,25)20-16-6-4-5-15-14(16)11-18-17(19-15)22-9-7-13(12-23)8-10-22/h11,13,16,20,23H,3-10,12H2,1-2H3/t16-/m0/s1. The van der Waals surface area contributed by atoms with Gasteiger partial charge >= 0.3 is 0 Å². The lowest BCUT2D eigenvalue weighted by molar-refractivity contribution is 0.202. The first-order chi connectivity index (χ1) is 12.4. The molecule has 0 saturated carbocycles. The SMILES string of the molecule is CCN(C)S(=O)(=O)N[C@H]1CCCc2nc(N3CCC(CO)CC3)ncc21. The van der Waals surface area contributed by atoms with E-state index in [0.29, 0.717) is 18.4 Å². The van der Waals surface area contributed by atoms with Gasteiger partial charge in [-0.3, -0.25) is 0 Å². The molecule has 8 nitrogen and oxygen atoms in total. The number of aromatic nitrogens is 2. The molecule has 146 valence electrons. The van der Waals surface area contributed by atoms with Crippen LogP contribution >= 0.6 is 0 Å².